The minimum absolute atomic E-state index is 0.0488. The van der Waals surface area contributed by atoms with Crippen LogP contribution in [0.1, 0.15) is 53.3 Å². The summed E-state index contributed by atoms with van der Waals surface area (Å²) in [5.41, 5.74) is 1.88. The van der Waals surface area contributed by atoms with E-state index >= 15 is 0 Å². The molecule has 2 aliphatic rings. The second-order valence-corrected chi connectivity index (χ2v) is 8.41. The van der Waals surface area contributed by atoms with Crippen LogP contribution >= 0.6 is 0 Å². The maximum Gasteiger partial charge on any atom is 0.259 e. The normalized spacial score (nSPS) is 16.9. The molecule has 166 valence electrons. The Balaban J connectivity index is 1.38. The summed E-state index contributed by atoms with van der Waals surface area (Å²) in [6.45, 7) is 2.60. The Kier molecular flexibility index (Phi) is 5.32. The lowest BCUT2D eigenvalue weighted by atomic mass is 9.90. The van der Waals surface area contributed by atoms with Crippen LogP contribution in [-0.4, -0.2) is 45.1 Å². The quantitative estimate of drug-likeness (QED) is 0.638. The fraction of sp³-hybridized carbons (Fsp3) is 0.391. The Labute approximate surface area is 183 Å². The van der Waals surface area contributed by atoms with Crippen LogP contribution in [0.2, 0.25) is 0 Å². The molecular weight excluding hydrogens is 416 g/mol. The van der Waals surface area contributed by atoms with Crippen LogP contribution in [0.4, 0.5) is 14.7 Å². The molecule has 0 unspecified atom stereocenters. The maximum atomic E-state index is 14.1. The molecule has 1 aliphatic carbocycles. The zero-order chi connectivity index (χ0) is 22.2. The molecule has 1 aliphatic heterocycles. The molecule has 9 heteroatoms. The molecule has 1 aromatic carbocycles. The van der Waals surface area contributed by atoms with Crippen LogP contribution < -0.4 is 5.32 Å². The molecule has 0 radical (unpaired) electrons. The van der Waals surface area contributed by atoms with E-state index in [1.165, 1.54) is 11.0 Å². The lowest BCUT2D eigenvalue weighted by Gasteiger charge is -2.32. The predicted octanol–water partition coefficient (Wildman–Crippen LogP) is 4.31. The Morgan fingerprint density at radius 3 is 2.50 bits per heavy atom. The van der Waals surface area contributed by atoms with Crippen molar-refractivity contribution in [3.8, 4) is 11.3 Å². The minimum Gasteiger partial charge on any atom is -0.356 e. The SMILES string of the molecule is Cc1cc(-c2cnc(NC3CC3)nc2C2CCN(C(=O)c3c(F)cccc3F)CC2)on1. The molecule has 2 fully saturated rings. The monoisotopic (exact) mass is 439 g/mol. The Hall–Kier alpha value is -3.36. The summed E-state index contributed by atoms with van der Waals surface area (Å²) in [6, 6.07) is 5.71. The van der Waals surface area contributed by atoms with Crippen molar-refractivity contribution < 1.29 is 18.1 Å². The summed E-state index contributed by atoms with van der Waals surface area (Å²) in [5.74, 6) is -1.08. The first-order valence-corrected chi connectivity index (χ1v) is 10.8. The molecule has 1 N–H and O–H groups in total. The zero-order valence-corrected chi connectivity index (χ0v) is 17.6. The van der Waals surface area contributed by atoms with Crippen molar-refractivity contribution in [2.45, 2.75) is 44.6 Å². The van der Waals surface area contributed by atoms with Gasteiger partial charge in [0.1, 0.15) is 17.2 Å². The van der Waals surface area contributed by atoms with Crippen LogP contribution in [0.15, 0.2) is 35.0 Å². The number of rotatable bonds is 5. The number of carbonyl (C=O) groups is 1. The highest BCUT2D eigenvalue weighted by molar-refractivity contribution is 5.94. The van der Waals surface area contributed by atoms with Gasteiger partial charge in [-0.2, -0.15) is 0 Å². The third-order valence-corrected chi connectivity index (χ3v) is 5.97. The molecule has 0 spiro atoms. The maximum absolute atomic E-state index is 14.1. The van der Waals surface area contributed by atoms with Crippen LogP contribution in [0.5, 0.6) is 0 Å². The number of anilines is 1. The molecule has 5 rings (SSSR count). The molecule has 3 heterocycles. The van der Waals surface area contributed by atoms with Crippen molar-refractivity contribution >= 4 is 11.9 Å². The van der Waals surface area contributed by atoms with E-state index < -0.39 is 23.1 Å². The van der Waals surface area contributed by atoms with Gasteiger partial charge in [0, 0.05) is 37.3 Å². The summed E-state index contributed by atoms with van der Waals surface area (Å²) in [5, 5.41) is 7.30. The number of halogens is 2. The van der Waals surface area contributed by atoms with Gasteiger partial charge in [0.25, 0.3) is 5.91 Å². The first-order chi connectivity index (χ1) is 15.5. The van der Waals surface area contributed by atoms with Gasteiger partial charge in [-0.3, -0.25) is 4.79 Å². The standard InChI is InChI=1S/C23H23F2N5O2/c1-13-11-19(32-29-13)16-12-26-23(27-15-5-6-15)28-21(16)14-7-9-30(10-8-14)22(31)20-17(24)3-2-4-18(20)25/h2-4,11-12,14-15H,5-10H2,1H3,(H,26,27,28). The van der Waals surface area contributed by atoms with Gasteiger partial charge in [0.05, 0.1) is 17.0 Å². The van der Waals surface area contributed by atoms with Gasteiger partial charge in [0.15, 0.2) is 5.76 Å². The van der Waals surface area contributed by atoms with Crippen LogP contribution in [0.25, 0.3) is 11.3 Å². The summed E-state index contributed by atoms with van der Waals surface area (Å²) in [4.78, 5) is 23.5. The fourth-order valence-electron chi connectivity index (χ4n) is 4.08. The van der Waals surface area contributed by atoms with Gasteiger partial charge in [-0.15, -0.1) is 0 Å². The molecule has 2 aromatic heterocycles. The van der Waals surface area contributed by atoms with Gasteiger partial charge in [-0.1, -0.05) is 11.2 Å². The number of piperidine rings is 1. The van der Waals surface area contributed by atoms with Crippen molar-refractivity contribution in [2.24, 2.45) is 0 Å². The van der Waals surface area contributed by atoms with Gasteiger partial charge in [-0.25, -0.2) is 18.7 Å². The highest BCUT2D eigenvalue weighted by Crippen LogP contribution is 2.36. The largest absolute Gasteiger partial charge is 0.356 e. The van der Waals surface area contributed by atoms with Gasteiger partial charge in [0.2, 0.25) is 5.95 Å². The number of hydrogen-bond donors (Lipinski definition) is 1. The number of benzene rings is 1. The number of aryl methyl sites for hydroxylation is 1. The summed E-state index contributed by atoms with van der Waals surface area (Å²) in [7, 11) is 0. The van der Waals surface area contributed by atoms with E-state index in [0.29, 0.717) is 43.7 Å². The van der Waals surface area contributed by atoms with E-state index in [1.807, 2.05) is 13.0 Å². The van der Waals surface area contributed by atoms with E-state index in [2.05, 4.69) is 15.5 Å². The van der Waals surface area contributed by atoms with Crippen LogP contribution in [0, 0.1) is 18.6 Å². The van der Waals surface area contributed by atoms with Crippen molar-refractivity contribution in [2.75, 3.05) is 18.4 Å². The smallest absolute Gasteiger partial charge is 0.259 e. The van der Waals surface area contributed by atoms with Gasteiger partial charge in [-0.05, 0) is 44.7 Å². The predicted molar refractivity (Wildman–Crippen MR) is 113 cm³/mol. The Bertz CT molecular complexity index is 1130. The first-order valence-electron chi connectivity index (χ1n) is 10.8. The molecule has 3 aromatic rings. The van der Waals surface area contributed by atoms with E-state index in [-0.39, 0.29) is 5.92 Å². The topological polar surface area (TPSA) is 84.2 Å². The molecular formula is C23H23F2N5O2. The zero-order valence-electron chi connectivity index (χ0n) is 17.6. The second-order valence-electron chi connectivity index (χ2n) is 8.41. The molecule has 32 heavy (non-hydrogen) atoms. The van der Waals surface area contributed by atoms with Gasteiger partial charge >= 0.3 is 0 Å². The highest BCUT2D eigenvalue weighted by Gasteiger charge is 2.31. The summed E-state index contributed by atoms with van der Waals surface area (Å²) >= 11 is 0. The number of aromatic nitrogens is 3. The Morgan fingerprint density at radius 1 is 1.16 bits per heavy atom. The van der Waals surface area contributed by atoms with Crippen LogP contribution in [0.3, 0.4) is 0 Å². The van der Waals surface area contributed by atoms with Crippen molar-refractivity contribution in [1.82, 2.24) is 20.0 Å². The van der Waals surface area contributed by atoms with E-state index in [1.54, 1.807) is 6.20 Å². The number of likely N-dealkylation sites (tertiary alicyclic amines) is 1. The molecule has 1 saturated carbocycles. The van der Waals surface area contributed by atoms with E-state index in [0.717, 1.165) is 41.9 Å². The highest BCUT2D eigenvalue weighted by atomic mass is 19.1. The van der Waals surface area contributed by atoms with E-state index in [9.17, 15) is 13.6 Å². The number of nitrogens with zero attached hydrogens (tertiary/aromatic N) is 4. The molecule has 0 bridgehead atoms. The third-order valence-electron chi connectivity index (χ3n) is 5.97. The molecule has 7 nitrogen and oxygen atoms in total. The number of nitrogens with one attached hydrogen (secondary N) is 1. The molecule has 0 atom stereocenters. The van der Waals surface area contributed by atoms with Crippen LogP contribution in [-0.2, 0) is 0 Å². The van der Waals surface area contributed by atoms with Crippen molar-refractivity contribution in [3.05, 3.63) is 59.0 Å². The van der Waals surface area contributed by atoms with Crippen molar-refractivity contribution in [3.63, 3.8) is 0 Å². The number of hydrogen-bond acceptors (Lipinski definition) is 6. The van der Waals surface area contributed by atoms with Gasteiger partial charge < -0.3 is 14.7 Å². The average Bonchev–Trinajstić information content (AvgIpc) is 3.50. The minimum atomic E-state index is -0.841. The second kappa shape index (κ2) is 8.29. The lowest BCUT2D eigenvalue weighted by Crippen LogP contribution is -2.39. The van der Waals surface area contributed by atoms with Crippen molar-refractivity contribution in [1.29, 1.82) is 0 Å². The molecule has 1 amide bonds. The van der Waals surface area contributed by atoms with E-state index in [4.69, 9.17) is 9.51 Å². The summed E-state index contributed by atoms with van der Waals surface area (Å²) < 4.78 is 33.6. The first kappa shape index (κ1) is 20.5. The molecule has 1 saturated heterocycles. The number of carbonyl (C=O) groups excluding carboxylic acids is 1. The third kappa shape index (κ3) is 4.06. The summed E-state index contributed by atoms with van der Waals surface area (Å²) in [6.07, 6.45) is 5.19. The Morgan fingerprint density at radius 2 is 1.88 bits per heavy atom. The fourth-order valence-corrected chi connectivity index (χ4v) is 4.08. The number of amides is 1. The lowest BCUT2D eigenvalue weighted by molar-refractivity contribution is 0.0702. The average molecular weight is 439 g/mol.